The van der Waals surface area contributed by atoms with Gasteiger partial charge in [0.25, 0.3) is 0 Å². The highest BCUT2D eigenvalue weighted by Crippen LogP contribution is 2.56. The van der Waals surface area contributed by atoms with Gasteiger partial charge in [-0.2, -0.15) is 0 Å². The molecule has 0 spiro atoms. The lowest BCUT2D eigenvalue weighted by atomic mass is 10.9. The maximum atomic E-state index is 3.55. The Morgan fingerprint density at radius 2 is 1.56 bits per heavy atom. The minimum absolute atomic E-state index is 0.0421. The molecule has 2 unspecified atom stereocenters. The molecule has 1 heterocycles. The maximum Gasteiger partial charge on any atom is 0.145 e. The first-order chi connectivity index (χ1) is 4.11. The van der Waals surface area contributed by atoms with E-state index in [2.05, 4.69) is 47.8 Å². The van der Waals surface area contributed by atoms with Gasteiger partial charge >= 0.3 is 0 Å². The Morgan fingerprint density at radius 3 is 1.78 bits per heavy atom. The van der Waals surface area contributed by atoms with Gasteiger partial charge in [0.05, 0.1) is 0 Å². The van der Waals surface area contributed by atoms with Crippen LogP contribution in [0.15, 0.2) is 0 Å². The van der Waals surface area contributed by atoms with Crippen molar-refractivity contribution in [1.82, 2.24) is 0 Å². The third-order valence-corrected chi connectivity index (χ3v) is 9.54. The Hall–Kier alpha value is 2.30. The van der Waals surface area contributed by atoms with Crippen LogP contribution in [-0.2, 0) is 0 Å². The van der Waals surface area contributed by atoms with Crippen molar-refractivity contribution in [2.24, 2.45) is 0 Å². The Labute approximate surface area is 84.3 Å². The summed E-state index contributed by atoms with van der Waals surface area (Å²) in [6.45, 7) is 0. The standard InChI is InChI=1S/C4H7Br3P2/c5-4(6,7)3-8-1-2-9-3/h3,8-9H,1-2H2. The van der Waals surface area contributed by atoms with Crippen LogP contribution in [0.3, 0.4) is 0 Å². The molecule has 1 fully saturated rings. The zero-order chi connectivity index (χ0) is 6.91. The predicted octanol–water partition coefficient (Wildman–Crippen LogP) is 3.52. The first-order valence-electron chi connectivity index (χ1n) is 2.64. The highest BCUT2D eigenvalue weighted by Gasteiger charge is 2.32. The van der Waals surface area contributed by atoms with E-state index in [-0.39, 0.29) is 2.14 Å². The summed E-state index contributed by atoms with van der Waals surface area (Å²) < 4.78 is 0.0421. The van der Waals surface area contributed by atoms with Crippen molar-refractivity contribution in [2.45, 2.75) is 7.54 Å². The zero-order valence-corrected chi connectivity index (χ0v) is 11.4. The SMILES string of the molecule is BrC(Br)(Br)C1PCCP1. The first-order valence-corrected chi connectivity index (χ1v) is 7.59. The van der Waals surface area contributed by atoms with E-state index < -0.39 is 0 Å². The number of hydrogen-bond acceptors (Lipinski definition) is 0. The van der Waals surface area contributed by atoms with E-state index in [1.807, 2.05) is 0 Å². The largest absolute Gasteiger partial charge is 0.145 e. The lowest BCUT2D eigenvalue weighted by molar-refractivity contribution is 1.34. The van der Waals surface area contributed by atoms with Crippen molar-refractivity contribution in [3.8, 4) is 0 Å². The van der Waals surface area contributed by atoms with E-state index in [0.717, 1.165) is 22.6 Å². The van der Waals surface area contributed by atoms with Gasteiger partial charge in [-0.25, -0.2) is 0 Å². The third-order valence-electron chi connectivity index (χ3n) is 1.15. The molecule has 0 aliphatic carbocycles. The van der Waals surface area contributed by atoms with Crippen LogP contribution in [0.4, 0.5) is 0 Å². The molecule has 0 aromatic carbocycles. The van der Waals surface area contributed by atoms with E-state index >= 15 is 0 Å². The molecule has 0 amide bonds. The minimum Gasteiger partial charge on any atom is -0.111 e. The van der Waals surface area contributed by atoms with Crippen molar-refractivity contribution in [2.75, 3.05) is 12.3 Å². The molecule has 1 rings (SSSR count). The van der Waals surface area contributed by atoms with Crippen LogP contribution < -0.4 is 0 Å². The molecule has 0 nitrogen and oxygen atoms in total. The van der Waals surface area contributed by atoms with Gasteiger partial charge in [0, 0.05) is 5.40 Å². The van der Waals surface area contributed by atoms with Crippen molar-refractivity contribution in [1.29, 1.82) is 0 Å². The number of hydrogen-bond donors (Lipinski definition) is 0. The summed E-state index contributed by atoms with van der Waals surface area (Å²) in [5.41, 5.74) is 0. The van der Waals surface area contributed by atoms with E-state index in [9.17, 15) is 0 Å². The smallest absolute Gasteiger partial charge is 0.111 e. The van der Waals surface area contributed by atoms with Crippen LogP contribution in [-0.4, -0.2) is 19.9 Å². The van der Waals surface area contributed by atoms with E-state index in [1.165, 1.54) is 12.3 Å². The Kier molecular flexibility index (Phi) is 3.97. The molecule has 0 aromatic rings. The van der Waals surface area contributed by atoms with Crippen LogP contribution in [0.5, 0.6) is 0 Å². The second kappa shape index (κ2) is 3.81. The summed E-state index contributed by atoms with van der Waals surface area (Å²) >= 11 is 10.7. The van der Waals surface area contributed by atoms with E-state index in [1.54, 1.807) is 0 Å². The molecule has 54 valence electrons. The van der Waals surface area contributed by atoms with Crippen molar-refractivity contribution in [3.05, 3.63) is 0 Å². The molecule has 1 aliphatic rings. The molecular formula is C4H7Br3P2. The Morgan fingerprint density at radius 1 is 1.11 bits per heavy atom. The van der Waals surface area contributed by atoms with Gasteiger partial charge in [-0.1, -0.05) is 47.8 Å². The predicted molar refractivity (Wildman–Crippen MR) is 59.7 cm³/mol. The van der Waals surface area contributed by atoms with Crippen LogP contribution in [0.1, 0.15) is 0 Å². The summed E-state index contributed by atoms with van der Waals surface area (Å²) in [7, 11) is 2.25. The molecular weight excluding hydrogens is 350 g/mol. The molecule has 5 heteroatoms. The second-order valence-electron chi connectivity index (χ2n) is 1.88. The van der Waals surface area contributed by atoms with Gasteiger partial charge in [0.2, 0.25) is 0 Å². The van der Waals surface area contributed by atoms with Gasteiger partial charge in [-0.05, 0) is 12.3 Å². The van der Waals surface area contributed by atoms with Gasteiger partial charge < -0.3 is 0 Å². The van der Waals surface area contributed by atoms with Gasteiger partial charge in [0.1, 0.15) is 2.14 Å². The Bertz CT molecular complexity index is 94.5. The third kappa shape index (κ3) is 3.03. The first kappa shape index (κ1) is 9.39. The number of alkyl halides is 3. The second-order valence-corrected chi connectivity index (χ2v) is 12.4. The number of halogens is 3. The summed E-state index contributed by atoms with van der Waals surface area (Å²) in [4.78, 5) is 0. The van der Waals surface area contributed by atoms with Crippen molar-refractivity contribution >= 4 is 65.0 Å². The molecule has 0 N–H and O–H groups in total. The molecule has 0 radical (unpaired) electrons. The molecule has 0 bridgehead atoms. The molecule has 9 heavy (non-hydrogen) atoms. The fourth-order valence-electron chi connectivity index (χ4n) is 0.737. The van der Waals surface area contributed by atoms with Gasteiger partial charge in [-0.15, -0.1) is 17.2 Å². The van der Waals surface area contributed by atoms with Gasteiger partial charge in [-0.3, -0.25) is 0 Å². The lowest BCUT2D eigenvalue weighted by Crippen LogP contribution is -2.10. The Balaban J connectivity index is 2.42. The summed E-state index contributed by atoms with van der Waals surface area (Å²) in [5, 5.41) is 0.817. The molecule has 0 saturated carbocycles. The highest BCUT2D eigenvalue weighted by atomic mass is 80.0. The minimum atomic E-state index is 0.0421. The topological polar surface area (TPSA) is 0 Å². The summed E-state index contributed by atoms with van der Waals surface area (Å²) in [6, 6.07) is 0. The molecule has 1 saturated heterocycles. The summed E-state index contributed by atoms with van der Waals surface area (Å²) in [5.74, 6) is 0. The average Bonchev–Trinajstić information content (AvgIpc) is 2.08. The molecule has 2 atom stereocenters. The monoisotopic (exact) mass is 354 g/mol. The van der Waals surface area contributed by atoms with Crippen molar-refractivity contribution in [3.63, 3.8) is 0 Å². The maximum absolute atomic E-state index is 3.55. The van der Waals surface area contributed by atoms with Crippen LogP contribution >= 0.6 is 65.0 Å². The zero-order valence-electron chi connectivity index (χ0n) is 4.63. The van der Waals surface area contributed by atoms with Gasteiger partial charge in [0.15, 0.2) is 0 Å². The molecule has 1 aliphatic heterocycles. The quantitative estimate of drug-likeness (QED) is 0.460. The summed E-state index contributed by atoms with van der Waals surface area (Å²) in [6.07, 6.45) is 2.85. The fourth-order valence-corrected chi connectivity index (χ4v) is 7.29. The number of rotatable bonds is 0. The highest BCUT2D eigenvalue weighted by molar-refractivity contribution is 9.39. The van der Waals surface area contributed by atoms with Crippen molar-refractivity contribution < 1.29 is 0 Å². The average molecular weight is 357 g/mol. The van der Waals surface area contributed by atoms with Crippen LogP contribution in [0, 0.1) is 0 Å². The molecule has 0 aromatic heterocycles. The fraction of sp³-hybridized carbons (Fsp3) is 1.00. The van der Waals surface area contributed by atoms with Crippen LogP contribution in [0.25, 0.3) is 0 Å². The van der Waals surface area contributed by atoms with E-state index in [4.69, 9.17) is 0 Å². The normalized spacial score (nSPS) is 34.3. The van der Waals surface area contributed by atoms with E-state index in [0.29, 0.717) is 0 Å². The lowest BCUT2D eigenvalue weighted by Gasteiger charge is -2.19. The van der Waals surface area contributed by atoms with Crippen LogP contribution in [0.2, 0.25) is 0 Å².